The first-order valence-corrected chi connectivity index (χ1v) is 13.5. The Bertz CT molecular complexity index is 1380. The van der Waals surface area contributed by atoms with Crippen LogP contribution in [0.4, 0.5) is 5.69 Å². The second-order valence-electron chi connectivity index (χ2n) is 8.54. The van der Waals surface area contributed by atoms with Crippen LogP contribution in [0.15, 0.2) is 83.1 Å². The summed E-state index contributed by atoms with van der Waals surface area (Å²) in [5.74, 6) is 0. The van der Waals surface area contributed by atoms with Crippen LogP contribution in [0.1, 0.15) is 16.8 Å². The van der Waals surface area contributed by atoms with E-state index >= 15 is 0 Å². The number of hydrogen-bond donors (Lipinski definition) is 0. The van der Waals surface area contributed by atoms with Gasteiger partial charge >= 0.3 is 0 Å². The van der Waals surface area contributed by atoms with Gasteiger partial charge in [-0.05, 0) is 42.3 Å². The summed E-state index contributed by atoms with van der Waals surface area (Å²) in [6, 6.07) is 15.9. The number of imidazole rings is 2. The molecule has 2 aromatic carbocycles. The highest BCUT2D eigenvalue weighted by atomic mass is 79.9. The summed E-state index contributed by atoms with van der Waals surface area (Å²) >= 11 is 3.50. The Morgan fingerprint density at radius 3 is 2.34 bits per heavy atom. The number of nitrogens with zero attached hydrogens (tertiary/aromatic N) is 6. The van der Waals surface area contributed by atoms with Crippen molar-refractivity contribution < 1.29 is 8.42 Å². The van der Waals surface area contributed by atoms with E-state index in [1.165, 1.54) is 10.6 Å². The van der Waals surface area contributed by atoms with E-state index in [4.69, 9.17) is 0 Å². The number of aryl methyl sites for hydroxylation is 3. The molecule has 0 bridgehead atoms. The van der Waals surface area contributed by atoms with E-state index in [1.54, 1.807) is 24.1 Å². The van der Waals surface area contributed by atoms with Crippen LogP contribution in [-0.2, 0) is 37.2 Å². The summed E-state index contributed by atoms with van der Waals surface area (Å²) < 4.78 is 33.4. The number of aromatic nitrogens is 4. The highest BCUT2D eigenvalue weighted by Gasteiger charge is 2.28. The summed E-state index contributed by atoms with van der Waals surface area (Å²) in [4.78, 5) is 10.5. The van der Waals surface area contributed by atoms with Gasteiger partial charge in [0.05, 0.1) is 24.9 Å². The van der Waals surface area contributed by atoms with Gasteiger partial charge in [0.2, 0.25) is 0 Å². The molecule has 0 saturated carbocycles. The van der Waals surface area contributed by atoms with Crippen LogP contribution in [0, 0.1) is 6.92 Å². The average Bonchev–Trinajstić information content (AvgIpc) is 3.45. The topological polar surface area (TPSA) is 76.3 Å². The van der Waals surface area contributed by atoms with Gasteiger partial charge in [0.1, 0.15) is 0 Å². The average molecular weight is 558 g/mol. The Morgan fingerprint density at radius 2 is 1.71 bits per heavy atom. The molecule has 0 fully saturated rings. The number of anilines is 1. The zero-order valence-corrected chi connectivity index (χ0v) is 22.4. The smallest absolute Gasteiger partial charge is 0.262 e. The highest BCUT2D eigenvalue weighted by molar-refractivity contribution is 9.10. The Hall–Kier alpha value is -2.95. The van der Waals surface area contributed by atoms with Gasteiger partial charge in [-0.2, -0.15) is 4.31 Å². The van der Waals surface area contributed by atoms with Gasteiger partial charge in [0.25, 0.3) is 10.0 Å². The summed E-state index contributed by atoms with van der Waals surface area (Å²) in [6.07, 6.45) is 6.66. The van der Waals surface area contributed by atoms with Gasteiger partial charge in [-0.25, -0.2) is 18.4 Å². The molecule has 0 aliphatic heterocycles. The Morgan fingerprint density at radius 1 is 0.971 bits per heavy atom. The van der Waals surface area contributed by atoms with Crippen molar-refractivity contribution in [2.45, 2.75) is 25.0 Å². The van der Waals surface area contributed by atoms with Crippen molar-refractivity contribution in [3.63, 3.8) is 0 Å². The van der Waals surface area contributed by atoms with E-state index < -0.39 is 10.0 Å². The van der Waals surface area contributed by atoms with Gasteiger partial charge in [0.15, 0.2) is 5.03 Å². The van der Waals surface area contributed by atoms with Crippen LogP contribution in [-0.4, -0.2) is 44.9 Å². The summed E-state index contributed by atoms with van der Waals surface area (Å²) in [6.45, 7) is 3.65. The molecule has 0 spiro atoms. The van der Waals surface area contributed by atoms with Crippen molar-refractivity contribution in [2.75, 3.05) is 18.0 Å². The summed E-state index contributed by atoms with van der Waals surface area (Å²) in [7, 11) is -0.0791. The molecule has 8 nitrogen and oxygen atoms in total. The first-order valence-electron chi connectivity index (χ1n) is 11.2. The van der Waals surface area contributed by atoms with E-state index in [2.05, 4.69) is 30.8 Å². The normalized spacial score (nSPS) is 11.8. The van der Waals surface area contributed by atoms with E-state index in [-0.39, 0.29) is 11.6 Å². The van der Waals surface area contributed by atoms with Crippen LogP contribution in [0.3, 0.4) is 0 Å². The van der Waals surface area contributed by atoms with E-state index in [0.717, 1.165) is 27.0 Å². The van der Waals surface area contributed by atoms with Crippen molar-refractivity contribution in [3.05, 3.63) is 94.9 Å². The van der Waals surface area contributed by atoms with Crippen LogP contribution >= 0.6 is 15.9 Å². The molecule has 10 heteroatoms. The maximum atomic E-state index is 13.6. The Balaban J connectivity index is 1.64. The maximum Gasteiger partial charge on any atom is 0.262 e. The Kier molecular flexibility index (Phi) is 7.73. The SMILES string of the molecule is Cc1ccccc1CN(CCN(Cc1cncn1C)c1ccc(Br)cc1)S(=O)(=O)c1cn(C)cn1. The van der Waals surface area contributed by atoms with Gasteiger partial charge in [-0.3, -0.25) is 0 Å². The van der Waals surface area contributed by atoms with Crippen molar-refractivity contribution >= 4 is 31.6 Å². The van der Waals surface area contributed by atoms with Crippen molar-refractivity contribution in [1.29, 1.82) is 0 Å². The molecule has 4 rings (SSSR count). The summed E-state index contributed by atoms with van der Waals surface area (Å²) in [5.41, 5.74) is 4.05. The lowest BCUT2D eigenvalue weighted by atomic mass is 10.1. The first kappa shape index (κ1) is 25.2. The number of hydrogen-bond acceptors (Lipinski definition) is 5. The third-order valence-electron chi connectivity index (χ3n) is 5.97. The zero-order chi connectivity index (χ0) is 25.0. The molecule has 2 aromatic heterocycles. The third-order valence-corrected chi connectivity index (χ3v) is 8.23. The van der Waals surface area contributed by atoms with Crippen LogP contribution < -0.4 is 4.90 Å². The molecule has 0 N–H and O–H groups in total. The number of rotatable bonds is 10. The number of sulfonamides is 1. The van der Waals surface area contributed by atoms with Gasteiger partial charge in [0, 0.05) is 56.3 Å². The molecule has 35 heavy (non-hydrogen) atoms. The maximum absolute atomic E-state index is 13.6. The second kappa shape index (κ2) is 10.8. The molecule has 0 aliphatic carbocycles. The molecular weight excluding hydrogens is 528 g/mol. The van der Waals surface area contributed by atoms with Gasteiger partial charge in [-0.1, -0.05) is 40.2 Å². The van der Waals surface area contributed by atoms with E-state index in [0.29, 0.717) is 19.6 Å². The van der Waals surface area contributed by atoms with Crippen LogP contribution in [0.2, 0.25) is 0 Å². The minimum Gasteiger partial charge on any atom is -0.364 e. The fraction of sp³-hybridized carbons (Fsp3) is 0.280. The van der Waals surface area contributed by atoms with Crippen molar-refractivity contribution in [2.24, 2.45) is 14.1 Å². The molecule has 0 unspecified atom stereocenters. The molecule has 184 valence electrons. The zero-order valence-electron chi connectivity index (χ0n) is 20.0. The molecule has 0 radical (unpaired) electrons. The monoisotopic (exact) mass is 556 g/mol. The minimum atomic E-state index is -3.80. The first-order chi connectivity index (χ1) is 16.7. The van der Waals surface area contributed by atoms with Gasteiger partial charge in [-0.15, -0.1) is 0 Å². The summed E-state index contributed by atoms with van der Waals surface area (Å²) in [5, 5.41) is 0.0513. The van der Waals surface area contributed by atoms with E-state index in [9.17, 15) is 8.42 Å². The van der Waals surface area contributed by atoms with Crippen LogP contribution in [0.5, 0.6) is 0 Å². The quantitative estimate of drug-likeness (QED) is 0.293. The predicted octanol–water partition coefficient (Wildman–Crippen LogP) is 4.12. The fourth-order valence-electron chi connectivity index (χ4n) is 3.83. The third kappa shape index (κ3) is 6.01. The van der Waals surface area contributed by atoms with Gasteiger partial charge < -0.3 is 14.0 Å². The van der Waals surface area contributed by atoms with Crippen LogP contribution in [0.25, 0.3) is 0 Å². The van der Waals surface area contributed by atoms with Crippen molar-refractivity contribution in [1.82, 2.24) is 23.4 Å². The lowest BCUT2D eigenvalue weighted by Crippen LogP contribution is -2.38. The molecular formula is C25H29BrN6O2S. The number of halogens is 1. The molecule has 2 heterocycles. The fourth-order valence-corrected chi connectivity index (χ4v) is 5.47. The molecule has 0 saturated heterocycles. The van der Waals surface area contributed by atoms with Crippen molar-refractivity contribution in [3.8, 4) is 0 Å². The second-order valence-corrected chi connectivity index (χ2v) is 11.3. The largest absolute Gasteiger partial charge is 0.364 e. The molecule has 0 atom stereocenters. The lowest BCUT2D eigenvalue weighted by Gasteiger charge is -2.29. The van der Waals surface area contributed by atoms with E-state index in [1.807, 2.05) is 73.3 Å². The number of benzene rings is 2. The Labute approximate surface area is 215 Å². The molecule has 0 aliphatic rings. The predicted molar refractivity (Wildman–Crippen MR) is 140 cm³/mol. The minimum absolute atomic E-state index is 0.0513. The lowest BCUT2D eigenvalue weighted by molar-refractivity contribution is 0.406. The standard InChI is InChI=1S/C25H29BrN6O2S/c1-20-6-4-5-7-21(20)15-32(35(33,34)25-17-29(2)19-28-25)13-12-31(16-24-14-27-18-30(24)3)23-10-8-22(26)9-11-23/h4-11,14,17-19H,12-13,15-16H2,1-3H3. The highest BCUT2D eigenvalue weighted by Crippen LogP contribution is 2.23. The molecule has 0 amide bonds. The molecule has 4 aromatic rings.